The molecule has 2 rings (SSSR count). The molecule has 106 valence electrons. The Labute approximate surface area is 115 Å². The fraction of sp³-hybridized carbons (Fsp3) is 0.750. The summed E-state index contributed by atoms with van der Waals surface area (Å²) in [4.78, 5) is 22.3. The molecule has 2 bridgehead atoms. The van der Waals surface area contributed by atoms with Gasteiger partial charge in [0.2, 0.25) is 0 Å². The standard InChI is InChI=1S/C16H24O3/c1-11(17)5-3-2-4-6-14(16(18)19)15-10-12-7-8-13(15)9-12/h2-3,12-15H,4-10H2,1H3,(H,18,19)/t12-,13+,14?,15-/m1/s1. The second kappa shape index (κ2) is 6.36. The number of carboxylic acids is 1. The van der Waals surface area contributed by atoms with Crippen LogP contribution in [0.3, 0.4) is 0 Å². The molecule has 2 fully saturated rings. The zero-order chi connectivity index (χ0) is 13.8. The van der Waals surface area contributed by atoms with Crippen LogP contribution in [0, 0.1) is 23.7 Å². The molecule has 19 heavy (non-hydrogen) atoms. The fourth-order valence-corrected chi connectivity index (χ4v) is 3.95. The Morgan fingerprint density at radius 2 is 2.05 bits per heavy atom. The quantitative estimate of drug-likeness (QED) is 0.717. The highest BCUT2D eigenvalue weighted by atomic mass is 16.4. The van der Waals surface area contributed by atoms with Crippen LogP contribution in [0.25, 0.3) is 0 Å². The summed E-state index contributed by atoms with van der Waals surface area (Å²) in [5, 5.41) is 9.43. The molecule has 3 nitrogen and oxygen atoms in total. The van der Waals surface area contributed by atoms with Crippen LogP contribution in [0.4, 0.5) is 0 Å². The van der Waals surface area contributed by atoms with Crippen molar-refractivity contribution in [2.24, 2.45) is 23.7 Å². The molecule has 0 heterocycles. The first-order valence-electron chi connectivity index (χ1n) is 7.45. The summed E-state index contributed by atoms with van der Waals surface area (Å²) in [6.45, 7) is 1.57. The number of fused-ring (bicyclic) bond motifs is 2. The van der Waals surface area contributed by atoms with Gasteiger partial charge >= 0.3 is 5.97 Å². The topological polar surface area (TPSA) is 54.4 Å². The molecular formula is C16H24O3. The van der Waals surface area contributed by atoms with Gasteiger partial charge in [-0.25, -0.2) is 0 Å². The summed E-state index contributed by atoms with van der Waals surface area (Å²) in [6, 6.07) is 0. The number of rotatable bonds is 7. The molecule has 1 N–H and O–H groups in total. The molecule has 3 heteroatoms. The molecule has 2 saturated carbocycles. The van der Waals surface area contributed by atoms with Crippen molar-refractivity contribution < 1.29 is 14.7 Å². The number of aliphatic carboxylic acids is 1. The van der Waals surface area contributed by atoms with Gasteiger partial charge in [0.05, 0.1) is 5.92 Å². The molecule has 0 aromatic heterocycles. The molecule has 2 aliphatic rings. The smallest absolute Gasteiger partial charge is 0.306 e. The van der Waals surface area contributed by atoms with Crippen LogP contribution in [0.1, 0.15) is 51.9 Å². The van der Waals surface area contributed by atoms with Crippen molar-refractivity contribution >= 4 is 11.8 Å². The molecule has 0 radical (unpaired) electrons. The Kier molecular flexibility index (Phi) is 4.78. The highest BCUT2D eigenvalue weighted by Crippen LogP contribution is 2.51. The average Bonchev–Trinajstić information content (AvgIpc) is 2.94. The normalized spacial score (nSPS) is 30.9. The maximum Gasteiger partial charge on any atom is 0.306 e. The van der Waals surface area contributed by atoms with Gasteiger partial charge in [-0.1, -0.05) is 18.6 Å². The molecule has 0 aromatic rings. The molecule has 4 atom stereocenters. The van der Waals surface area contributed by atoms with Crippen molar-refractivity contribution in [2.75, 3.05) is 0 Å². The highest BCUT2D eigenvalue weighted by molar-refractivity contribution is 5.76. The lowest BCUT2D eigenvalue weighted by molar-refractivity contribution is -0.144. The van der Waals surface area contributed by atoms with E-state index in [0.29, 0.717) is 18.3 Å². The van der Waals surface area contributed by atoms with Gasteiger partial charge in [-0.15, -0.1) is 0 Å². The van der Waals surface area contributed by atoms with Crippen LogP contribution in [0.15, 0.2) is 12.2 Å². The number of allylic oxidation sites excluding steroid dienone is 2. The number of ketones is 1. The minimum absolute atomic E-state index is 0.152. The number of hydrogen-bond donors (Lipinski definition) is 1. The van der Waals surface area contributed by atoms with Gasteiger partial charge in [0, 0.05) is 6.42 Å². The van der Waals surface area contributed by atoms with E-state index in [1.54, 1.807) is 6.92 Å². The molecule has 0 aliphatic heterocycles. The Balaban J connectivity index is 1.82. The third kappa shape index (κ3) is 3.68. The third-order valence-corrected chi connectivity index (χ3v) is 4.84. The van der Waals surface area contributed by atoms with E-state index in [0.717, 1.165) is 25.2 Å². The number of carboxylic acid groups (broad SMARTS) is 1. The number of Topliss-reactive ketones (excluding diaryl/α,β-unsaturated/α-hetero) is 1. The predicted molar refractivity (Wildman–Crippen MR) is 73.7 cm³/mol. The lowest BCUT2D eigenvalue weighted by Crippen LogP contribution is -2.27. The number of carbonyl (C=O) groups excluding carboxylic acids is 1. The Bertz CT molecular complexity index is 372. The number of hydrogen-bond acceptors (Lipinski definition) is 2. The van der Waals surface area contributed by atoms with Crippen molar-refractivity contribution in [2.45, 2.75) is 51.9 Å². The summed E-state index contributed by atoms with van der Waals surface area (Å²) in [7, 11) is 0. The maximum absolute atomic E-state index is 11.5. The minimum Gasteiger partial charge on any atom is -0.481 e. The number of carbonyl (C=O) groups is 2. The van der Waals surface area contributed by atoms with E-state index < -0.39 is 5.97 Å². The van der Waals surface area contributed by atoms with Gasteiger partial charge in [-0.05, 0) is 56.8 Å². The van der Waals surface area contributed by atoms with Gasteiger partial charge < -0.3 is 5.11 Å². The van der Waals surface area contributed by atoms with Crippen molar-refractivity contribution in [1.29, 1.82) is 0 Å². The van der Waals surface area contributed by atoms with Crippen LogP contribution in [-0.2, 0) is 9.59 Å². The van der Waals surface area contributed by atoms with E-state index in [1.807, 2.05) is 12.2 Å². The third-order valence-electron chi connectivity index (χ3n) is 4.84. The van der Waals surface area contributed by atoms with Crippen LogP contribution in [-0.4, -0.2) is 16.9 Å². The first-order valence-corrected chi connectivity index (χ1v) is 7.45. The predicted octanol–water partition coefficient (Wildman–Crippen LogP) is 3.44. The van der Waals surface area contributed by atoms with Crippen LogP contribution in [0.5, 0.6) is 0 Å². The Morgan fingerprint density at radius 1 is 1.26 bits per heavy atom. The van der Waals surface area contributed by atoms with Crippen molar-refractivity contribution in [3.63, 3.8) is 0 Å². The molecule has 0 spiro atoms. The molecule has 2 aliphatic carbocycles. The van der Waals surface area contributed by atoms with Crippen molar-refractivity contribution in [1.82, 2.24) is 0 Å². The lowest BCUT2D eigenvalue weighted by Gasteiger charge is -2.27. The lowest BCUT2D eigenvalue weighted by atomic mass is 9.77. The highest BCUT2D eigenvalue weighted by Gasteiger charge is 2.44. The molecule has 0 amide bonds. The molecule has 0 saturated heterocycles. The van der Waals surface area contributed by atoms with Gasteiger partial charge in [-0.3, -0.25) is 9.59 Å². The average molecular weight is 264 g/mol. The minimum atomic E-state index is -0.627. The first kappa shape index (κ1) is 14.3. The van der Waals surface area contributed by atoms with E-state index in [9.17, 15) is 14.7 Å². The van der Waals surface area contributed by atoms with E-state index >= 15 is 0 Å². The SMILES string of the molecule is CC(=O)CC=CCCC(C(=O)O)[C@@H]1C[C@@H]2CC[C@H]1C2. The van der Waals surface area contributed by atoms with E-state index in [-0.39, 0.29) is 11.7 Å². The van der Waals surface area contributed by atoms with Gasteiger partial charge in [0.1, 0.15) is 5.78 Å². The summed E-state index contributed by atoms with van der Waals surface area (Å²) in [6.07, 6.45) is 10.7. The van der Waals surface area contributed by atoms with Crippen molar-refractivity contribution in [3.8, 4) is 0 Å². The van der Waals surface area contributed by atoms with E-state index in [1.165, 1.54) is 19.3 Å². The maximum atomic E-state index is 11.5. The van der Waals surface area contributed by atoms with E-state index in [4.69, 9.17) is 0 Å². The Morgan fingerprint density at radius 3 is 2.58 bits per heavy atom. The zero-order valence-corrected chi connectivity index (χ0v) is 11.7. The van der Waals surface area contributed by atoms with Crippen molar-refractivity contribution in [3.05, 3.63) is 12.2 Å². The molecule has 0 aromatic carbocycles. The van der Waals surface area contributed by atoms with Gasteiger partial charge in [0.25, 0.3) is 0 Å². The monoisotopic (exact) mass is 264 g/mol. The van der Waals surface area contributed by atoms with Crippen LogP contribution in [0.2, 0.25) is 0 Å². The zero-order valence-electron chi connectivity index (χ0n) is 11.7. The first-order chi connectivity index (χ1) is 9.08. The van der Waals surface area contributed by atoms with Gasteiger partial charge in [0.15, 0.2) is 0 Å². The summed E-state index contributed by atoms with van der Waals surface area (Å²) in [5.74, 6) is 1.20. The van der Waals surface area contributed by atoms with Gasteiger partial charge in [-0.2, -0.15) is 0 Å². The fourth-order valence-electron chi connectivity index (χ4n) is 3.95. The Hall–Kier alpha value is -1.12. The second-order valence-electron chi connectivity index (χ2n) is 6.24. The summed E-state index contributed by atoms with van der Waals surface area (Å²) < 4.78 is 0. The summed E-state index contributed by atoms with van der Waals surface area (Å²) >= 11 is 0. The second-order valence-corrected chi connectivity index (χ2v) is 6.24. The van der Waals surface area contributed by atoms with E-state index in [2.05, 4.69) is 0 Å². The molecule has 1 unspecified atom stereocenters. The largest absolute Gasteiger partial charge is 0.481 e. The molecular weight excluding hydrogens is 240 g/mol. The summed E-state index contributed by atoms with van der Waals surface area (Å²) in [5.41, 5.74) is 0. The van der Waals surface area contributed by atoms with Crippen LogP contribution >= 0.6 is 0 Å². The van der Waals surface area contributed by atoms with Crippen LogP contribution < -0.4 is 0 Å².